The molecule has 1 aliphatic rings. The smallest absolute Gasteiger partial charge is 0.141 e. The molecule has 0 aromatic heterocycles. The molecule has 0 saturated carbocycles. The Labute approximate surface area is 104 Å². The number of hydrogen-bond acceptors (Lipinski definition) is 3. The number of piperidine rings is 1. The van der Waals surface area contributed by atoms with E-state index < -0.39 is 0 Å². The molecule has 0 spiro atoms. The van der Waals surface area contributed by atoms with Crippen LogP contribution in [0.1, 0.15) is 25.7 Å². The fraction of sp³-hybridized carbons (Fsp3) is 0.571. The van der Waals surface area contributed by atoms with Crippen LogP contribution in [0.3, 0.4) is 0 Å². The van der Waals surface area contributed by atoms with Gasteiger partial charge in [-0.25, -0.2) is 0 Å². The quantitative estimate of drug-likeness (QED) is 0.821. The zero-order valence-corrected chi connectivity index (χ0v) is 10.5. The van der Waals surface area contributed by atoms with Crippen molar-refractivity contribution in [3.63, 3.8) is 0 Å². The number of rotatable bonds is 5. The SMILES string of the molecule is COc1ccccc1NCCC1CCCCN1. The van der Waals surface area contributed by atoms with Crippen molar-refractivity contribution in [2.24, 2.45) is 0 Å². The van der Waals surface area contributed by atoms with E-state index in [9.17, 15) is 0 Å². The lowest BCUT2D eigenvalue weighted by Gasteiger charge is -2.23. The van der Waals surface area contributed by atoms with Gasteiger partial charge in [-0.05, 0) is 37.9 Å². The minimum atomic E-state index is 0.686. The van der Waals surface area contributed by atoms with Crippen molar-refractivity contribution in [2.45, 2.75) is 31.7 Å². The molecule has 1 atom stereocenters. The largest absolute Gasteiger partial charge is 0.495 e. The van der Waals surface area contributed by atoms with Crippen molar-refractivity contribution >= 4 is 5.69 Å². The Morgan fingerprint density at radius 2 is 2.24 bits per heavy atom. The van der Waals surface area contributed by atoms with Crippen molar-refractivity contribution in [1.82, 2.24) is 5.32 Å². The van der Waals surface area contributed by atoms with Crippen molar-refractivity contribution in [3.05, 3.63) is 24.3 Å². The Kier molecular flexibility index (Phi) is 4.68. The Morgan fingerprint density at radius 3 is 3.00 bits per heavy atom. The summed E-state index contributed by atoms with van der Waals surface area (Å²) in [4.78, 5) is 0. The predicted molar refractivity (Wildman–Crippen MR) is 71.7 cm³/mol. The normalized spacial score (nSPS) is 19.9. The van der Waals surface area contributed by atoms with Crippen LogP contribution in [0.15, 0.2) is 24.3 Å². The molecule has 17 heavy (non-hydrogen) atoms. The maximum absolute atomic E-state index is 5.31. The predicted octanol–water partition coefficient (Wildman–Crippen LogP) is 2.64. The zero-order chi connectivity index (χ0) is 11.9. The minimum Gasteiger partial charge on any atom is -0.495 e. The first kappa shape index (κ1) is 12.2. The molecule has 1 aromatic carbocycles. The topological polar surface area (TPSA) is 33.3 Å². The van der Waals surface area contributed by atoms with E-state index in [4.69, 9.17) is 4.74 Å². The first-order valence-electron chi connectivity index (χ1n) is 6.50. The van der Waals surface area contributed by atoms with Crippen LogP contribution in [0.4, 0.5) is 5.69 Å². The van der Waals surface area contributed by atoms with Gasteiger partial charge in [0.15, 0.2) is 0 Å². The highest BCUT2D eigenvalue weighted by Crippen LogP contribution is 2.23. The van der Waals surface area contributed by atoms with Crippen LogP contribution in [0, 0.1) is 0 Å². The van der Waals surface area contributed by atoms with Gasteiger partial charge in [-0.15, -0.1) is 0 Å². The summed E-state index contributed by atoms with van der Waals surface area (Å²) in [6, 6.07) is 8.76. The van der Waals surface area contributed by atoms with Gasteiger partial charge in [0.1, 0.15) is 5.75 Å². The molecule has 1 aromatic rings. The average molecular weight is 234 g/mol. The number of ether oxygens (including phenoxy) is 1. The van der Waals surface area contributed by atoms with Crippen molar-refractivity contribution < 1.29 is 4.74 Å². The lowest BCUT2D eigenvalue weighted by Crippen LogP contribution is -2.35. The molecule has 0 amide bonds. The number of benzene rings is 1. The summed E-state index contributed by atoms with van der Waals surface area (Å²) in [5, 5.41) is 7.01. The molecule has 2 rings (SSSR count). The maximum atomic E-state index is 5.31. The van der Waals surface area contributed by atoms with Crippen LogP contribution in [-0.4, -0.2) is 26.2 Å². The Morgan fingerprint density at radius 1 is 1.35 bits per heavy atom. The van der Waals surface area contributed by atoms with Crippen LogP contribution in [0.2, 0.25) is 0 Å². The number of para-hydroxylation sites is 2. The van der Waals surface area contributed by atoms with Gasteiger partial charge in [0.25, 0.3) is 0 Å². The monoisotopic (exact) mass is 234 g/mol. The summed E-state index contributed by atoms with van der Waals surface area (Å²) >= 11 is 0. The van der Waals surface area contributed by atoms with E-state index in [1.807, 2.05) is 18.2 Å². The summed E-state index contributed by atoms with van der Waals surface area (Å²) in [6.45, 7) is 2.18. The highest BCUT2D eigenvalue weighted by Gasteiger charge is 2.11. The highest BCUT2D eigenvalue weighted by molar-refractivity contribution is 5.55. The molecule has 0 radical (unpaired) electrons. The van der Waals surface area contributed by atoms with Crippen LogP contribution in [0.25, 0.3) is 0 Å². The van der Waals surface area contributed by atoms with Crippen molar-refractivity contribution in [1.29, 1.82) is 0 Å². The Hall–Kier alpha value is -1.22. The molecule has 0 aliphatic carbocycles. The van der Waals surface area contributed by atoms with E-state index in [1.54, 1.807) is 7.11 Å². The molecule has 94 valence electrons. The average Bonchev–Trinajstić information content (AvgIpc) is 2.40. The van der Waals surface area contributed by atoms with Crippen LogP contribution >= 0.6 is 0 Å². The van der Waals surface area contributed by atoms with E-state index in [-0.39, 0.29) is 0 Å². The van der Waals surface area contributed by atoms with Gasteiger partial charge >= 0.3 is 0 Å². The van der Waals surface area contributed by atoms with E-state index in [2.05, 4.69) is 16.7 Å². The van der Waals surface area contributed by atoms with Crippen molar-refractivity contribution in [2.75, 3.05) is 25.5 Å². The lowest BCUT2D eigenvalue weighted by atomic mass is 10.0. The number of nitrogens with one attached hydrogen (secondary N) is 2. The summed E-state index contributed by atoms with van der Waals surface area (Å²) in [5.41, 5.74) is 1.09. The van der Waals surface area contributed by atoms with E-state index in [1.165, 1.54) is 32.2 Å². The summed E-state index contributed by atoms with van der Waals surface area (Å²) in [5.74, 6) is 0.920. The fourth-order valence-corrected chi connectivity index (χ4v) is 2.34. The van der Waals surface area contributed by atoms with Gasteiger partial charge in [0, 0.05) is 12.6 Å². The number of hydrogen-bond donors (Lipinski definition) is 2. The summed E-state index contributed by atoms with van der Waals surface area (Å²) in [6.07, 6.45) is 5.19. The molecular weight excluding hydrogens is 212 g/mol. The Bertz CT molecular complexity index is 335. The lowest BCUT2D eigenvalue weighted by molar-refractivity contribution is 0.388. The molecule has 3 nitrogen and oxygen atoms in total. The number of methoxy groups -OCH3 is 1. The first-order valence-corrected chi connectivity index (χ1v) is 6.50. The molecule has 0 bridgehead atoms. The third-order valence-corrected chi connectivity index (χ3v) is 3.33. The van der Waals surface area contributed by atoms with Crippen LogP contribution in [-0.2, 0) is 0 Å². The zero-order valence-electron chi connectivity index (χ0n) is 10.5. The standard InChI is InChI=1S/C14H22N2O/c1-17-14-8-3-2-7-13(14)16-11-9-12-6-4-5-10-15-12/h2-3,7-8,12,15-16H,4-6,9-11H2,1H3. The van der Waals surface area contributed by atoms with Gasteiger partial charge in [-0.1, -0.05) is 18.6 Å². The van der Waals surface area contributed by atoms with Gasteiger partial charge in [-0.3, -0.25) is 0 Å². The van der Waals surface area contributed by atoms with Crippen LogP contribution in [0.5, 0.6) is 5.75 Å². The molecule has 1 fully saturated rings. The summed E-state index contributed by atoms with van der Waals surface area (Å²) < 4.78 is 5.31. The van der Waals surface area contributed by atoms with Crippen LogP contribution < -0.4 is 15.4 Å². The molecular formula is C14H22N2O. The molecule has 1 saturated heterocycles. The van der Waals surface area contributed by atoms with Gasteiger partial charge in [-0.2, -0.15) is 0 Å². The number of anilines is 1. The molecule has 1 heterocycles. The maximum Gasteiger partial charge on any atom is 0.141 e. The van der Waals surface area contributed by atoms with E-state index in [0.717, 1.165) is 18.0 Å². The summed E-state index contributed by atoms with van der Waals surface area (Å²) in [7, 11) is 1.71. The second kappa shape index (κ2) is 6.50. The minimum absolute atomic E-state index is 0.686. The van der Waals surface area contributed by atoms with E-state index in [0.29, 0.717) is 6.04 Å². The van der Waals surface area contributed by atoms with Gasteiger partial charge in [0.2, 0.25) is 0 Å². The second-order valence-corrected chi connectivity index (χ2v) is 4.56. The second-order valence-electron chi connectivity index (χ2n) is 4.56. The van der Waals surface area contributed by atoms with Gasteiger partial charge in [0.05, 0.1) is 12.8 Å². The molecule has 1 aliphatic heterocycles. The van der Waals surface area contributed by atoms with Crippen molar-refractivity contribution in [3.8, 4) is 5.75 Å². The van der Waals surface area contributed by atoms with E-state index >= 15 is 0 Å². The first-order chi connectivity index (χ1) is 8.40. The third kappa shape index (κ3) is 3.63. The molecule has 2 N–H and O–H groups in total. The van der Waals surface area contributed by atoms with Gasteiger partial charge < -0.3 is 15.4 Å². The Balaban J connectivity index is 1.77. The fourth-order valence-electron chi connectivity index (χ4n) is 2.34. The molecule has 3 heteroatoms. The highest BCUT2D eigenvalue weighted by atomic mass is 16.5. The third-order valence-electron chi connectivity index (χ3n) is 3.33. The molecule has 1 unspecified atom stereocenters.